The quantitative estimate of drug-likeness (QED) is 0.521. The van der Waals surface area contributed by atoms with Gasteiger partial charge in [-0.05, 0) is 27.7 Å². The van der Waals surface area contributed by atoms with Crippen LogP contribution in [-0.4, -0.2) is 0 Å². The van der Waals surface area contributed by atoms with Crippen molar-refractivity contribution in [3.63, 3.8) is 0 Å². The van der Waals surface area contributed by atoms with Crippen LogP contribution in [0.25, 0.3) is 0 Å². The summed E-state index contributed by atoms with van der Waals surface area (Å²) in [4.78, 5) is 0. The number of hydrogen-bond donors (Lipinski definition) is 0. The largest absolute Gasteiger partial charge is 0.198 e. The molecule has 0 aliphatic heterocycles. The van der Waals surface area contributed by atoms with Crippen LogP contribution in [0.3, 0.4) is 0 Å². The van der Waals surface area contributed by atoms with Crippen LogP contribution in [0.15, 0.2) is 0 Å². The molecule has 0 atom stereocenters. The van der Waals surface area contributed by atoms with Crippen molar-refractivity contribution < 1.29 is 6.15 Å². The zero-order chi connectivity index (χ0) is 8.57. The summed E-state index contributed by atoms with van der Waals surface area (Å²) in [5, 5.41) is 15.8. The van der Waals surface area contributed by atoms with E-state index in [0.29, 0.717) is 0 Å². The van der Waals surface area contributed by atoms with Gasteiger partial charge in [0, 0.05) is 18.0 Å². The zero-order valence-electron chi connectivity index (χ0n) is 7.76. The van der Waals surface area contributed by atoms with Crippen LogP contribution >= 0.6 is 0 Å². The molecule has 0 saturated heterocycles. The summed E-state index contributed by atoms with van der Waals surface area (Å²) in [7, 11) is 0. The standard InChI is InChI=1S/2C4H7N.He/c2*1-4(2)3-5;/h2*4H,1-2H3;. The Balaban J connectivity index is -0.000000107. The van der Waals surface area contributed by atoms with E-state index in [4.69, 9.17) is 10.5 Å². The first kappa shape index (κ1) is 16.5. The van der Waals surface area contributed by atoms with E-state index in [1.165, 1.54) is 0 Å². The summed E-state index contributed by atoms with van der Waals surface area (Å²) in [6.45, 7) is 7.44. The topological polar surface area (TPSA) is 47.6 Å². The van der Waals surface area contributed by atoms with E-state index < -0.39 is 0 Å². The van der Waals surface area contributed by atoms with Crippen LogP contribution in [0.4, 0.5) is 0 Å². The molecule has 3 heteroatoms. The molecule has 0 rings (SSSR count). The SMILES string of the molecule is CC(C)C#N.CC(C)C#N.[He]. The zero-order valence-corrected chi connectivity index (χ0v) is 7.76. The Bertz CT molecular complexity index is 121. The number of nitriles is 2. The van der Waals surface area contributed by atoms with Crippen molar-refractivity contribution in [3.8, 4) is 12.1 Å². The Hall–Kier alpha value is -1.11. The molecule has 0 N–H and O–H groups in total. The summed E-state index contributed by atoms with van der Waals surface area (Å²) < 4.78 is 0. The van der Waals surface area contributed by atoms with Gasteiger partial charge in [-0.25, -0.2) is 0 Å². The Kier molecular flexibility index (Phi) is 17.4. The summed E-state index contributed by atoms with van der Waals surface area (Å²) in [5.41, 5.74) is 0. The maximum absolute atomic E-state index is 7.89. The van der Waals surface area contributed by atoms with Gasteiger partial charge in [0.25, 0.3) is 0 Å². The smallest absolute Gasteiger partial charge is 0.0649 e. The molecule has 0 aromatic carbocycles. The Morgan fingerprint density at radius 1 is 0.818 bits per heavy atom. The van der Waals surface area contributed by atoms with Gasteiger partial charge < -0.3 is 0 Å². The van der Waals surface area contributed by atoms with Gasteiger partial charge >= 0.3 is 0 Å². The van der Waals surface area contributed by atoms with Crippen LogP contribution in [-0.2, 0) is 0 Å². The van der Waals surface area contributed by atoms with Crippen LogP contribution in [0.5, 0.6) is 0 Å². The third-order valence-electron chi connectivity index (χ3n) is 0.516. The van der Waals surface area contributed by atoms with Crippen molar-refractivity contribution in [1.29, 1.82) is 10.5 Å². The molecule has 0 aliphatic carbocycles. The second-order valence-corrected chi connectivity index (χ2v) is 2.57. The fourth-order valence-corrected chi connectivity index (χ4v) is 0. The molecule has 0 aliphatic rings. The average molecular weight is 142 g/mol. The van der Waals surface area contributed by atoms with Gasteiger partial charge in [0.2, 0.25) is 0 Å². The average Bonchev–Trinajstić information content (AvgIpc) is 1.89. The first-order valence-corrected chi connectivity index (χ1v) is 3.33. The van der Waals surface area contributed by atoms with Gasteiger partial charge in [-0.15, -0.1) is 0 Å². The van der Waals surface area contributed by atoms with E-state index in [-0.39, 0.29) is 18.0 Å². The minimum atomic E-state index is 0. The van der Waals surface area contributed by atoms with E-state index in [1.807, 2.05) is 39.8 Å². The van der Waals surface area contributed by atoms with E-state index in [9.17, 15) is 0 Å². The predicted octanol–water partition coefficient (Wildman–Crippen LogP) is 2.33. The Morgan fingerprint density at radius 3 is 0.909 bits per heavy atom. The minimum Gasteiger partial charge on any atom is -0.198 e. The van der Waals surface area contributed by atoms with Crippen molar-refractivity contribution in [1.82, 2.24) is 0 Å². The first-order valence-electron chi connectivity index (χ1n) is 3.33. The van der Waals surface area contributed by atoms with Crippen molar-refractivity contribution in [3.05, 3.63) is 0 Å². The molecule has 0 heterocycles. The minimum absolute atomic E-state index is 0. The Morgan fingerprint density at radius 2 is 0.909 bits per heavy atom. The molecular formula is C8H14HeN2. The molecule has 0 saturated carbocycles. The molecule has 0 spiro atoms. The van der Waals surface area contributed by atoms with Gasteiger partial charge in [-0.1, -0.05) is 0 Å². The number of nitrogens with zero attached hydrogens (tertiary/aromatic N) is 2. The van der Waals surface area contributed by atoms with Gasteiger partial charge in [0.15, 0.2) is 0 Å². The summed E-state index contributed by atoms with van der Waals surface area (Å²) >= 11 is 0. The van der Waals surface area contributed by atoms with Gasteiger partial charge in [-0.2, -0.15) is 10.5 Å². The normalized spacial score (nSPS) is 6.91. The fraction of sp³-hybridized carbons (Fsp3) is 0.750. The molecule has 0 aromatic rings. The van der Waals surface area contributed by atoms with Crippen molar-refractivity contribution in [2.24, 2.45) is 11.8 Å². The number of hydrogen-bond acceptors (Lipinski definition) is 2. The Labute approximate surface area is 69.2 Å². The van der Waals surface area contributed by atoms with E-state index in [0.717, 1.165) is 0 Å². The van der Waals surface area contributed by atoms with Gasteiger partial charge in [-0.3, -0.25) is 0 Å². The van der Waals surface area contributed by atoms with Crippen molar-refractivity contribution >= 4 is 0 Å². The molecule has 0 amide bonds. The van der Waals surface area contributed by atoms with E-state index >= 15 is 0 Å². The third-order valence-corrected chi connectivity index (χ3v) is 0.516. The number of rotatable bonds is 0. The van der Waals surface area contributed by atoms with Gasteiger partial charge in [0.05, 0.1) is 12.1 Å². The third kappa shape index (κ3) is 50.5. The van der Waals surface area contributed by atoms with E-state index in [1.54, 1.807) is 0 Å². The van der Waals surface area contributed by atoms with Gasteiger partial charge in [0.1, 0.15) is 0 Å². The summed E-state index contributed by atoms with van der Waals surface area (Å²) in [6, 6.07) is 4.06. The molecular weight excluding hydrogens is 128 g/mol. The van der Waals surface area contributed by atoms with Crippen LogP contribution in [0, 0.1) is 40.6 Å². The van der Waals surface area contributed by atoms with E-state index in [2.05, 4.69) is 0 Å². The summed E-state index contributed by atoms with van der Waals surface area (Å²) in [6.07, 6.45) is 0. The molecule has 0 unspecified atom stereocenters. The molecule has 11 heavy (non-hydrogen) atoms. The maximum Gasteiger partial charge on any atom is 0.0649 e. The molecule has 58 valence electrons. The van der Waals surface area contributed by atoms with Crippen LogP contribution in [0.2, 0.25) is 0 Å². The fourth-order valence-electron chi connectivity index (χ4n) is 0. The predicted molar refractivity (Wildman–Crippen MR) is 40.9 cm³/mol. The molecule has 0 bridgehead atoms. The molecule has 0 fully saturated rings. The monoisotopic (exact) mass is 142 g/mol. The van der Waals surface area contributed by atoms with Crippen molar-refractivity contribution in [2.45, 2.75) is 27.7 Å². The second kappa shape index (κ2) is 11.7. The van der Waals surface area contributed by atoms with Crippen LogP contribution < -0.4 is 0 Å². The maximum atomic E-state index is 7.89. The van der Waals surface area contributed by atoms with Crippen molar-refractivity contribution in [2.75, 3.05) is 0 Å². The second-order valence-electron chi connectivity index (χ2n) is 2.57. The molecule has 2 nitrogen and oxygen atoms in total. The van der Waals surface area contributed by atoms with Crippen LogP contribution in [0.1, 0.15) is 27.7 Å². The summed E-state index contributed by atoms with van der Waals surface area (Å²) in [5.74, 6) is 0.380. The molecule has 0 radical (unpaired) electrons. The first-order chi connectivity index (χ1) is 4.54. The molecule has 0 aromatic heterocycles.